The lowest BCUT2D eigenvalue weighted by atomic mass is 10.0. The molecule has 31 heavy (non-hydrogen) atoms. The summed E-state index contributed by atoms with van der Waals surface area (Å²) in [5.41, 5.74) is 8.84. The maximum atomic E-state index is 13.5. The number of hydrogen-bond donors (Lipinski definition) is 1. The van der Waals surface area contributed by atoms with Crippen LogP contribution in [0.15, 0.2) is 35.1 Å². The minimum absolute atomic E-state index is 0.101. The molecule has 7 nitrogen and oxygen atoms in total. The summed E-state index contributed by atoms with van der Waals surface area (Å²) in [7, 11) is 0. The summed E-state index contributed by atoms with van der Waals surface area (Å²) in [6, 6.07) is 8.73. The Morgan fingerprint density at radius 2 is 1.71 bits per heavy atom. The van der Waals surface area contributed by atoms with Gasteiger partial charge in [0, 0.05) is 34.1 Å². The fourth-order valence-corrected chi connectivity index (χ4v) is 4.64. The van der Waals surface area contributed by atoms with Crippen molar-refractivity contribution in [1.82, 2.24) is 9.47 Å². The minimum atomic E-state index is -0.126. The van der Waals surface area contributed by atoms with Crippen molar-refractivity contribution < 1.29 is 14.3 Å². The highest BCUT2D eigenvalue weighted by molar-refractivity contribution is 6.27. The second-order valence-electron chi connectivity index (χ2n) is 7.95. The van der Waals surface area contributed by atoms with Crippen molar-refractivity contribution in [1.29, 1.82) is 0 Å². The highest BCUT2D eigenvalue weighted by Gasteiger charge is 2.35. The fourth-order valence-electron chi connectivity index (χ4n) is 4.64. The van der Waals surface area contributed by atoms with Gasteiger partial charge in [-0.1, -0.05) is 19.9 Å². The van der Waals surface area contributed by atoms with Crippen molar-refractivity contribution in [3.63, 3.8) is 0 Å². The summed E-state index contributed by atoms with van der Waals surface area (Å²) < 4.78 is 12.8. The number of ether oxygens (including phenoxy) is 2. The van der Waals surface area contributed by atoms with Crippen LogP contribution in [0.4, 0.5) is 5.69 Å². The zero-order valence-corrected chi connectivity index (χ0v) is 17.7. The Morgan fingerprint density at radius 1 is 1.00 bits per heavy atom. The van der Waals surface area contributed by atoms with Crippen LogP contribution >= 0.6 is 0 Å². The molecule has 0 unspecified atom stereocenters. The molecule has 0 atom stereocenters. The molecule has 0 saturated carbocycles. The van der Waals surface area contributed by atoms with E-state index in [-0.39, 0.29) is 18.1 Å². The monoisotopic (exact) mass is 419 g/mol. The number of anilines is 1. The van der Waals surface area contributed by atoms with Gasteiger partial charge in [-0.2, -0.15) is 0 Å². The quantitative estimate of drug-likeness (QED) is 0.483. The normalized spacial score (nSPS) is 13.8. The number of carbonyl (C=O) groups is 1. The molecule has 0 radical (unpaired) electrons. The molecule has 0 spiro atoms. The molecule has 7 heteroatoms. The van der Waals surface area contributed by atoms with Gasteiger partial charge in [0.25, 0.3) is 5.56 Å². The van der Waals surface area contributed by atoms with Crippen molar-refractivity contribution in [3.05, 3.63) is 51.8 Å². The molecular weight excluding hydrogens is 394 g/mol. The van der Waals surface area contributed by atoms with Crippen LogP contribution in [-0.2, 0) is 6.54 Å². The van der Waals surface area contributed by atoms with Crippen LogP contribution < -0.4 is 20.8 Å². The number of carbonyl (C=O) groups excluding carboxylic acids is 1. The second-order valence-corrected chi connectivity index (χ2v) is 7.95. The van der Waals surface area contributed by atoms with Gasteiger partial charge in [-0.05, 0) is 50.3 Å². The maximum Gasteiger partial charge on any atom is 0.259 e. The summed E-state index contributed by atoms with van der Waals surface area (Å²) >= 11 is 0. The molecule has 160 valence electrons. The number of aromatic nitrogens is 1. The van der Waals surface area contributed by atoms with E-state index in [0.717, 1.165) is 31.6 Å². The lowest BCUT2D eigenvalue weighted by Gasteiger charge is -2.20. The van der Waals surface area contributed by atoms with Crippen LogP contribution in [0.2, 0.25) is 0 Å². The maximum absolute atomic E-state index is 13.5. The number of nitrogen functional groups attached to an aromatic ring is 1. The molecule has 1 aromatic heterocycles. The number of ketones is 1. The van der Waals surface area contributed by atoms with E-state index in [9.17, 15) is 9.59 Å². The predicted octanol–water partition coefficient (Wildman–Crippen LogP) is 3.26. The van der Waals surface area contributed by atoms with Gasteiger partial charge in [0.05, 0.1) is 11.3 Å². The van der Waals surface area contributed by atoms with Gasteiger partial charge < -0.3 is 24.7 Å². The van der Waals surface area contributed by atoms with Crippen molar-refractivity contribution in [2.75, 3.05) is 32.2 Å². The van der Waals surface area contributed by atoms with Gasteiger partial charge in [-0.25, -0.2) is 0 Å². The highest BCUT2D eigenvalue weighted by Crippen LogP contribution is 2.45. The Hall–Kier alpha value is -3.32. The summed E-state index contributed by atoms with van der Waals surface area (Å²) in [6.45, 7) is 7.71. The van der Waals surface area contributed by atoms with Crippen LogP contribution in [0.5, 0.6) is 11.5 Å². The molecule has 1 aliphatic heterocycles. The Balaban J connectivity index is 1.71. The van der Waals surface area contributed by atoms with Crippen LogP contribution in [-0.4, -0.2) is 41.7 Å². The number of pyridine rings is 1. The first-order chi connectivity index (χ1) is 15.0. The molecule has 2 N–H and O–H groups in total. The first-order valence-electron chi connectivity index (χ1n) is 10.7. The molecule has 0 bridgehead atoms. The van der Waals surface area contributed by atoms with Gasteiger partial charge in [0.1, 0.15) is 0 Å². The molecule has 3 aromatic rings. The van der Waals surface area contributed by atoms with Gasteiger partial charge in [-0.3, -0.25) is 9.59 Å². The summed E-state index contributed by atoms with van der Waals surface area (Å²) in [4.78, 5) is 29.3. The van der Waals surface area contributed by atoms with E-state index in [1.807, 2.05) is 6.07 Å². The Morgan fingerprint density at radius 3 is 2.42 bits per heavy atom. The number of nitrogens with two attached hydrogens (primary N) is 1. The standard InChI is InChI=1S/C24H25N3O4/c1-3-26(4-2)8-5-9-27-22-16-11-19-20(31-13-30-19)12-17(16)23(28)21(22)15-7-6-14(25)10-18(15)24(27)29/h6-7,10-12H,3-5,8-9,13,25H2,1-2H3. The van der Waals surface area contributed by atoms with E-state index in [4.69, 9.17) is 15.2 Å². The van der Waals surface area contributed by atoms with E-state index < -0.39 is 0 Å². The molecule has 2 aliphatic rings. The zero-order valence-electron chi connectivity index (χ0n) is 17.7. The van der Waals surface area contributed by atoms with E-state index in [1.54, 1.807) is 28.8 Å². The first kappa shape index (κ1) is 19.6. The van der Waals surface area contributed by atoms with Crippen LogP contribution in [0.1, 0.15) is 36.2 Å². The Kier molecular flexibility index (Phi) is 4.70. The van der Waals surface area contributed by atoms with E-state index >= 15 is 0 Å². The van der Waals surface area contributed by atoms with Crippen molar-refractivity contribution in [2.24, 2.45) is 0 Å². The second kappa shape index (κ2) is 7.42. The summed E-state index contributed by atoms with van der Waals surface area (Å²) in [6.07, 6.45) is 0.802. The molecule has 2 aromatic carbocycles. The number of rotatable bonds is 6. The molecule has 2 heterocycles. The number of hydrogen-bond acceptors (Lipinski definition) is 6. The van der Waals surface area contributed by atoms with Crippen molar-refractivity contribution >= 4 is 22.2 Å². The number of nitrogens with zero attached hydrogens (tertiary/aromatic N) is 2. The third kappa shape index (κ3) is 2.99. The Labute approximate surface area is 180 Å². The SMILES string of the molecule is CCN(CC)CCCn1c2c(c3ccc(N)cc3c1=O)C(=O)c1cc3c(cc1-2)OCO3. The van der Waals surface area contributed by atoms with Crippen LogP contribution in [0.25, 0.3) is 22.0 Å². The number of benzene rings is 2. The minimum Gasteiger partial charge on any atom is -0.454 e. The summed E-state index contributed by atoms with van der Waals surface area (Å²) in [5.74, 6) is 1.05. The van der Waals surface area contributed by atoms with Gasteiger partial charge in [0.15, 0.2) is 17.3 Å². The molecule has 0 amide bonds. The van der Waals surface area contributed by atoms with Crippen molar-refractivity contribution in [3.8, 4) is 22.8 Å². The van der Waals surface area contributed by atoms with Gasteiger partial charge >= 0.3 is 0 Å². The Bertz CT molecular complexity index is 1270. The average Bonchev–Trinajstić information content (AvgIpc) is 3.34. The molecule has 1 aliphatic carbocycles. The zero-order chi connectivity index (χ0) is 21.7. The summed E-state index contributed by atoms with van der Waals surface area (Å²) in [5, 5.41) is 1.11. The third-order valence-electron chi connectivity index (χ3n) is 6.29. The predicted molar refractivity (Wildman–Crippen MR) is 120 cm³/mol. The molecule has 0 fully saturated rings. The van der Waals surface area contributed by atoms with Crippen LogP contribution in [0, 0.1) is 0 Å². The lowest BCUT2D eigenvalue weighted by molar-refractivity contribution is 0.104. The van der Waals surface area contributed by atoms with Gasteiger partial charge in [0.2, 0.25) is 6.79 Å². The fraction of sp³-hybridized carbons (Fsp3) is 0.333. The van der Waals surface area contributed by atoms with Crippen LogP contribution in [0.3, 0.4) is 0 Å². The first-order valence-corrected chi connectivity index (χ1v) is 10.7. The molecular formula is C24H25N3O4. The third-order valence-corrected chi connectivity index (χ3v) is 6.29. The molecule has 5 rings (SSSR count). The molecule has 0 saturated heterocycles. The lowest BCUT2D eigenvalue weighted by Crippen LogP contribution is -2.28. The largest absolute Gasteiger partial charge is 0.454 e. The smallest absolute Gasteiger partial charge is 0.259 e. The van der Waals surface area contributed by atoms with E-state index in [1.165, 1.54) is 0 Å². The number of fused-ring (bicyclic) bond motifs is 6. The van der Waals surface area contributed by atoms with E-state index in [2.05, 4.69) is 18.7 Å². The van der Waals surface area contributed by atoms with E-state index in [0.29, 0.717) is 51.3 Å². The topological polar surface area (TPSA) is 86.8 Å². The van der Waals surface area contributed by atoms with Gasteiger partial charge in [-0.15, -0.1) is 0 Å². The van der Waals surface area contributed by atoms with Crippen molar-refractivity contribution in [2.45, 2.75) is 26.8 Å². The average molecular weight is 419 g/mol. The highest BCUT2D eigenvalue weighted by atomic mass is 16.7.